The van der Waals surface area contributed by atoms with Crippen LogP contribution in [0, 0.1) is 20.8 Å². The van der Waals surface area contributed by atoms with Crippen molar-refractivity contribution in [3.8, 4) is 17.4 Å². The molecule has 0 saturated heterocycles. The molecule has 3 aromatic rings. The Kier molecular flexibility index (Phi) is 4.66. The molecule has 166 valence electrons. The molecule has 2 atom stereocenters. The van der Waals surface area contributed by atoms with E-state index in [4.69, 9.17) is 14.5 Å². The number of pyridine rings is 2. The predicted molar refractivity (Wildman–Crippen MR) is 125 cm³/mol. The van der Waals surface area contributed by atoms with Gasteiger partial charge in [0.15, 0.2) is 5.75 Å². The Morgan fingerprint density at radius 2 is 1.81 bits per heavy atom. The number of hydrogen-bond donors (Lipinski definition) is 1. The van der Waals surface area contributed by atoms with Gasteiger partial charge in [-0.05, 0) is 77.1 Å². The maximum absolute atomic E-state index is 10.4. The zero-order chi connectivity index (χ0) is 22.7. The minimum absolute atomic E-state index is 0.0760. The lowest BCUT2D eigenvalue weighted by Crippen LogP contribution is -2.49. The van der Waals surface area contributed by atoms with Gasteiger partial charge in [-0.2, -0.15) is 0 Å². The highest BCUT2D eigenvalue weighted by atomic mass is 16.5. The molecular weight excluding hydrogens is 402 g/mol. The van der Waals surface area contributed by atoms with Crippen LogP contribution in [0.25, 0.3) is 10.9 Å². The van der Waals surface area contributed by atoms with Crippen molar-refractivity contribution in [1.29, 1.82) is 0 Å². The molecule has 1 saturated carbocycles. The average molecular weight is 432 g/mol. The summed E-state index contributed by atoms with van der Waals surface area (Å²) < 4.78 is 12.7. The first-order valence-electron chi connectivity index (χ1n) is 11.2. The van der Waals surface area contributed by atoms with Crippen molar-refractivity contribution < 1.29 is 14.6 Å². The van der Waals surface area contributed by atoms with Gasteiger partial charge in [-0.15, -0.1) is 0 Å². The highest BCUT2D eigenvalue weighted by molar-refractivity contribution is 5.98. The molecule has 1 aromatic carbocycles. The Hall–Kier alpha value is -3.15. The second-order valence-corrected chi connectivity index (χ2v) is 9.55. The number of benzene rings is 1. The normalized spacial score (nSPS) is 24.7. The number of aromatic hydroxyl groups is 1. The summed E-state index contributed by atoms with van der Waals surface area (Å²) in [5.41, 5.74) is 3.61. The number of fused-ring (bicyclic) bond motifs is 2. The van der Waals surface area contributed by atoms with E-state index in [0.29, 0.717) is 28.7 Å². The summed E-state index contributed by atoms with van der Waals surface area (Å²) in [5, 5.41) is 11.1. The second kappa shape index (κ2) is 7.19. The number of ether oxygens (including phenoxy) is 2. The minimum atomic E-state index is -0.262. The number of rotatable bonds is 3. The van der Waals surface area contributed by atoms with Crippen LogP contribution in [-0.2, 0) is 4.74 Å². The van der Waals surface area contributed by atoms with E-state index >= 15 is 0 Å². The lowest BCUT2D eigenvalue weighted by atomic mass is 9.72. The monoisotopic (exact) mass is 431 g/mol. The van der Waals surface area contributed by atoms with Crippen LogP contribution < -0.4 is 4.74 Å². The van der Waals surface area contributed by atoms with Gasteiger partial charge in [0.2, 0.25) is 11.8 Å². The Balaban J connectivity index is 1.52. The lowest BCUT2D eigenvalue weighted by Gasteiger charge is -2.41. The summed E-state index contributed by atoms with van der Waals surface area (Å²) in [4.78, 5) is 13.8. The molecule has 0 bridgehead atoms. The van der Waals surface area contributed by atoms with E-state index in [9.17, 15) is 5.11 Å². The van der Waals surface area contributed by atoms with Crippen molar-refractivity contribution in [2.24, 2.45) is 4.99 Å². The Labute approximate surface area is 188 Å². The molecule has 1 fully saturated rings. The van der Waals surface area contributed by atoms with Gasteiger partial charge in [0, 0.05) is 23.2 Å². The fraction of sp³-hybridized carbons (Fsp3) is 0.423. The minimum Gasteiger partial charge on any atom is -0.504 e. The highest BCUT2D eigenvalue weighted by Crippen LogP contribution is 2.47. The number of aliphatic imine (C=N–C) groups is 1. The fourth-order valence-corrected chi connectivity index (χ4v) is 4.86. The SMILES string of the molecule is Cc1cc(C)c(C2=N[C@@]3(C)CCCCC3(C)O2)cc1Oc1ccc2cnc(C)c(O)c2n1. The summed E-state index contributed by atoms with van der Waals surface area (Å²) in [6.45, 7) is 10.2. The van der Waals surface area contributed by atoms with Crippen LogP contribution in [0.15, 0.2) is 35.5 Å². The Morgan fingerprint density at radius 3 is 2.59 bits per heavy atom. The molecule has 0 spiro atoms. The number of aryl methyl sites for hydroxylation is 3. The van der Waals surface area contributed by atoms with Crippen LogP contribution in [0.1, 0.15) is 61.9 Å². The van der Waals surface area contributed by atoms with E-state index in [0.717, 1.165) is 34.9 Å². The number of nitrogens with zero attached hydrogens (tertiary/aromatic N) is 3. The van der Waals surface area contributed by atoms with E-state index in [-0.39, 0.29) is 16.9 Å². The molecule has 1 unspecified atom stereocenters. The van der Waals surface area contributed by atoms with Crippen LogP contribution in [0.5, 0.6) is 17.4 Å². The fourth-order valence-electron chi connectivity index (χ4n) is 4.86. The molecule has 3 heterocycles. The molecule has 0 amide bonds. The van der Waals surface area contributed by atoms with Crippen LogP contribution in [-0.4, -0.2) is 32.1 Å². The molecular formula is C26H29N3O3. The van der Waals surface area contributed by atoms with E-state index < -0.39 is 0 Å². The Bertz CT molecular complexity index is 1270. The van der Waals surface area contributed by atoms with Crippen LogP contribution in [0.3, 0.4) is 0 Å². The Morgan fingerprint density at radius 1 is 1.03 bits per heavy atom. The molecule has 6 nitrogen and oxygen atoms in total. The topological polar surface area (TPSA) is 76.8 Å². The summed E-state index contributed by atoms with van der Waals surface area (Å²) in [6, 6.07) is 7.73. The molecule has 1 aliphatic carbocycles. The van der Waals surface area contributed by atoms with Gasteiger partial charge < -0.3 is 14.6 Å². The highest BCUT2D eigenvalue weighted by Gasteiger charge is 2.53. The van der Waals surface area contributed by atoms with Crippen LogP contribution in [0.4, 0.5) is 0 Å². The number of aromatic nitrogens is 2. The van der Waals surface area contributed by atoms with Crippen molar-refractivity contribution in [2.45, 2.75) is 71.4 Å². The predicted octanol–water partition coefficient (Wildman–Crippen LogP) is 5.92. The third-order valence-electron chi connectivity index (χ3n) is 7.21. The van der Waals surface area contributed by atoms with Crippen LogP contribution in [0.2, 0.25) is 0 Å². The van der Waals surface area contributed by atoms with Gasteiger partial charge in [0.05, 0.1) is 5.69 Å². The van der Waals surface area contributed by atoms with Crippen molar-refractivity contribution in [3.05, 3.63) is 52.8 Å². The molecule has 5 rings (SSSR count). The smallest absolute Gasteiger partial charge is 0.219 e. The molecule has 32 heavy (non-hydrogen) atoms. The van der Waals surface area contributed by atoms with Gasteiger partial charge in [-0.3, -0.25) is 4.98 Å². The van der Waals surface area contributed by atoms with Crippen molar-refractivity contribution >= 4 is 16.8 Å². The first-order valence-corrected chi connectivity index (χ1v) is 11.2. The summed E-state index contributed by atoms with van der Waals surface area (Å²) in [7, 11) is 0. The molecule has 0 radical (unpaired) electrons. The first kappa shape index (κ1) is 20.7. The van der Waals surface area contributed by atoms with E-state index in [1.54, 1.807) is 19.2 Å². The van der Waals surface area contributed by atoms with Crippen molar-refractivity contribution in [3.63, 3.8) is 0 Å². The zero-order valence-corrected chi connectivity index (χ0v) is 19.3. The molecule has 2 aliphatic rings. The molecule has 2 aromatic heterocycles. The maximum Gasteiger partial charge on any atom is 0.219 e. The van der Waals surface area contributed by atoms with Crippen molar-refractivity contribution in [1.82, 2.24) is 9.97 Å². The standard InChI is InChI=1S/C26H29N3O3/c1-15-12-16(2)20(31-21-9-8-18-14-27-17(3)23(30)22(18)28-21)13-19(15)24-29-25(4)10-6-7-11-26(25,5)32-24/h8-9,12-14,30H,6-7,10-11H2,1-5H3/t25-,26?/m0/s1. The van der Waals surface area contributed by atoms with Gasteiger partial charge in [0.25, 0.3) is 0 Å². The van der Waals surface area contributed by atoms with E-state index in [2.05, 4.69) is 36.8 Å². The third-order valence-corrected chi connectivity index (χ3v) is 7.21. The van der Waals surface area contributed by atoms with Crippen molar-refractivity contribution in [2.75, 3.05) is 0 Å². The van der Waals surface area contributed by atoms with E-state index in [1.165, 1.54) is 12.8 Å². The summed E-state index contributed by atoms with van der Waals surface area (Å²) in [6.07, 6.45) is 6.12. The summed E-state index contributed by atoms with van der Waals surface area (Å²) >= 11 is 0. The molecule has 6 heteroatoms. The largest absolute Gasteiger partial charge is 0.504 e. The zero-order valence-electron chi connectivity index (χ0n) is 19.3. The average Bonchev–Trinajstić information content (AvgIpc) is 3.04. The second-order valence-electron chi connectivity index (χ2n) is 9.55. The van der Waals surface area contributed by atoms with E-state index in [1.807, 2.05) is 19.1 Å². The molecule has 1 aliphatic heterocycles. The lowest BCUT2D eigenvalue weighted by molar-refractivity contribution is 0.000907. The van der Waals surface area contributed by atoms with Gasteiger partial charge >= 0.3 is 0 Å². The van der Waals surface area contributed by atoms with Crippen LogP contribution >= 0.6 is 0 Å². The van der Waals surface area contributed by atoms with Gasteiger partial charge in [-0.1, -0.05) is 12.5 Å². The van der Waals surface area contributed by atoms with Gasteiger partial charge in [-0.25, -0.2) is 9.98 Å². The first-order chi connectivity index (χ1) is 15.2. The third kappa shape index (κ3) is 3.20. The van der Waals surface area contributed by atoms with Gasteiger partial charge in [0.1, 0.15) is 22.4 Å². The number of hydrogen-bond acceptors (Lipinski definition) is 6. The quantitative estimate of drug-likeness (QED) is 0.557. The summed E-state index contributed by atoms with van der Waals surface area (Å²) in [5.74, 6) is 1.88. The maximum atomic E-state index is 10.4. The molecule has 1 N–H and O–H groups in total.